The van der Waals surface area contributed by atoms with Crippen molar-refractivity contribution < 1.29 is 4.42 Å². The summed E-state index contributed by atoms with van der Waals surface area (Å²) in [5.41, 5.74) is 5.45. The number of aryl methyl sites for hydroxylation is 1. The lowest BCUT2D eigenvalue weighted by atomic mass is 10.4. The Kier molecular flexibility index (Phi) is 2.09. The van der Waals surface area contributed by atoms with E-state index in [-0.39, 0.29) is 0 Å². The number of nitrogens with zero attached hydrogens (tertiary/aromatic N) is 3. The topological polar surface area (TPSA) is 69.9 Å². The van der Waals surface area contributed by atoms with Crippen molar-refractivity contribution in [3.63, 3.8) is 0 Å². The third kappa shape index (κ3) is 1.31. The quantitative estimate of drug-likeness (QED) is 0.765. The summed E-state index contributed by atoms with van der Waals surface area (Å²) >= 11 is 0. The Morgan fingerprint density at radius 2 is 2.21 bits per heavy atom. The van der Waals surface area contributed by atoms with Gasteiger partial charge in [-0.25, -0.2) is 0 Å². The lowest BCUT2D eigenvalue weighted by molar-refractivity contribution is 0.519. The molecule has 5 nitrogen and oxygen atoms in total. The Balaban J connectivity index is 2.44. The molecule has 14 heavy (non-hydrogen) atoms. The molecule has 2 heterocycles. The van der Waals surface area contributed by atoms with Crippen molar-refractivity contribution in [1.29, 1.82) is 0 Å². The Morgan fingerprint density at radius 3 is 2.71 bits per heavy atom. The van der Waals surface area contributed by atoms with Gasteiger partial charge in [0.25, 0.3) is 0 Å². The lowest BCUT2D eigenvalue weighted by Gasteiger charge is -1.97. The third-order valence-corrected chi connectivity index (χ3v) is 2.18. The molecule has 0 aliphatic rings. The van der Waals surface area contributed by atoms with E-state index in [0.717, 1.165) is 17.4 Å². The summed E-state index contributed by atoms with van der Waals surface area (Å²) in [4.78, 5) is 0. The van der Waals surface area contributed by atoms with Gasteiger partial charge in [-0.1, -0.05) is 0 Å². The van der Waals surface area contributed by atoms with E-state index in [0.29, 0.717) is 12.3 Å². The molecule has 2 rings (SSSR count). The van der Waals surface area contributed by atoms with E-state index >= 15 is 0 Å². The zero-order chi connectivity index (χ0) is 10.1. The van der Waals surface area contributed by atoms with Gasteiger partial charge >= 0.3 is 0 Å². The molecule has 2 aromatic heterocycles. The van der Waals surface area contributed by atoms with Crippen LogP contribution in [0.4, 0.5) is 0 Å². The highest BCUT2D eigenvalue weighted by atomic mass is 16.3. The molecule has 0 aliphatic carbocycles. The molecule has 0 saturated heterocycles. The van der Waals surface area contributed by atoms with Crippen molar-refractivity contribution in [2.75, 3.05) is 0 Å². The molecule has 2 N–H and O–H groups in total. The second-order valence-electron chi connectivity index (χ2n) is 3.10. The predicted octanol–water partition coefficient (Wildman–Crippen LogP) is 0.842. The average molecular weight is 192 g/mol. The van der Waals surface area contributed by atoms with Gasteiger partial charge in [0.15, 0.2) is 11.6 Å². The predicted molar refractivity (Wildman–Crippen MR) is 51.3 cm³/mol. The second kappa shape index (κ2) is 3.26. The van der Waals surface area contributed by atoms with Gasteiger partial charge in [-0.05, 0) is 19.1 Å². The molecule has 2 aromatic rings. The van der Waals surface area contributed by atoms with Crippen molar-refractivity contribution in [1.82, 2.24) is 14.8 Å². The highest BCUT2D eigenvalue weighted by Crippen LogP contribution is 2.19. The molecule has 0 aromatic carbocycles. The minimum absolute atomic E-state index is 0.400. The molecule has 0 unspecified atom stereocenters. The largest absolute Gasteiger partial charge is 0.456 e. The van der Waals surface area contributed by atoms with Crippen LogP contribution in [0.15, 0.2) is 16.5 Å². The summed E-state index contributed by atoms with van der Waals surface area (Å²) in [5, 5.41) is 7.96. The number of rotatable bonds is 2. The Labute approximate surface area is 81.5 Å². The van der Waals surface area contributed by atoms with E-state index in [9.17, 15) is 0 Å². The number of furan rings is 1. The second-order valence-corrected chi connectivity index (χ2v) is 3.10. The van der Waals surface area contributed by atoms with Gasteiger partial charge in [0.2, 0.25) is 0 Å². The third-order valence-electron chi connectivity index (χ3n) is 2.18. The first-order valence-electron chi connectivity index (χ1n) is 4.37. The van der Waals surface area contributed by atoms with Crippen molar-refractivity contribution in [3.05, 3.63) is 23.7 Å². The van der Waals surface area contributed by atoms with E-state index in [2.05, 4.69) is 10.2 Å². The molecule has 0 amide bonds. The first-order valence-corrected chi connectivity index (χ1v) is 4.37. The van der Waals surface area contributed by atoms with E-state index < -0.39 is 0 Å². The van der Waals surface area contributed by atoms with E-state index in [1.165, 1.54) is 0 Å². The van der Waals surface area contributed by atoms with E-state index in [4.69, 9.17) is 10.2 Å². The normalized spacial score (nSPS) is 10.8. The standard InChI is InChI=1S/C9H12N4O/c1-6-11-12-9(13(6)2)8-4-3-7(5-10)14-8/h3-4H,5,10H2,1-2H3. The van der Waals surface area contributed by atoms with Gasteiger partial charge in [0.05, 0.1) is 6.54 Å². The highest BCUT2D eigenvalue weighted by Gasteiger charge is 2.11. The molecule has 0 fully saturated rings. The number of hydrogen-bond donors (Lipinski definition) is 1. The van der Waals surface area contributed by atoms with Crippen molar-refractivity contribution in [2.45, 2.75) is 13.5 Å². The van der Waals surface area contributed by atoms with Crippen LogP contribution in [0.2, 0.25) is 0 Å². The molecule has 0 bridgehead atoms. The number of nitrogens with two attached hydrogens (primary N) is 1. The first kappa shape index (κ1) is 8.96. The first-order chi connectivity index (χ1) is 6.72. The van der Waals surface area contributed by atoms with Crippen LogP contribution in [0.25, 0.3) is 11.6 Å². The van der Waals surface area contributed by atoms with Gasteiger partial charge < -0.3 is 14.7 Å². The lowest BCUT2D eigenvalue weighted by Crippen LogP contribution is -1.94. The smallest absolute Gasteiger partial charge is 0.199 e. The van der Waals surface area contributed by atoms with Crippen LogP contribution in [-0.4, -0.2) is 14.8 Å². The van der Waals surface area contributed by atoms with Crippen molar-refractivity contribution in [2.24, 2.45) is 12.8 Å². The van der Waals surface area contributed by atoms with Gasteiger partial charge in [-0.15, -0.1) is 10.2 Å². The molecular formula is C9H12N4O. The molecule has 74 valence electrons. The summed E-state index contributed by atoms with van der Waals surface area (Å²) in [7, 11) is 1.90. The van der Waals surface area contributed by atoms with Gasteiger partial charge in [-0.2, -0.15) is 0 Å². The molecule has 0 saturated carbocycles. The maximum Gasteiger partial charge on any atom is 0.199 e. The van der Waals surface area contributed by atoms with Gasteiger partial charge in [0, 0.05) is 7.05 Å². The molecule has 0 radical (unpaired) electrons. The minimum atomic E-state index is 0.400. The highest BCUT2D eigenvalue weighted by molar-refractivity contribution is 5.47. The molecular weight excluding hydrogens is 180 g/mol. The Morgan fingerprint density at radius 1 is 1.43 bits per heavy atom. The zero-order valence-electron chi connectivity index (χ0n) is 8.19. The zero-order valence-corrected chi connectivity index (χ0v) is 8.19. The summed E-state index contributed by atoms with van der Waals surface area (Å²) in [6, 6.07) is 3.70. The van der Waals surface area contributed by atoms with Crippen LogP contribution < -0.4 is 5.73 Å². The van der Waals surface area contributed by atoms with Crippen LogP contribution >= 0.6 is 0 Å². The van der Waals surface area contributed by atoms with Gasteiger partial charge in [-0.3, -0.25) is 0 Å². The average Bonchev–Trinajstić information content (AvgIpc) is 2.75. The fourth-order valence-electron chi connectivity index (χ4n) is 1.23. The van der Waals surface area contributed by atoms with Crippen LogP contribution in [-0.2, 0) is 13.6 Å². The van der Waals surface area contributed by atoms with Crippen LogP contribution in [0.3, 0.4) is 0 Å². The van der Waals surface area contributed by atoms with Crippen LogP contribution in [0, 0.1) is 6.92 Å². The number of aromatic nitrogens is 3. The fraction of sp³-hybridized carbons (Fsp3) is 0.333. The molecule has 5 heteroatoms. The van der Waals surface area contributed by atoms with Crippen molar-refractivity contribution in [3.8, 4) is 11.6 Å². The maximum absolute atomic E-state index is 5.46. The summed E-state index contributed by atoms with van der Waals surface area (Å²) < 4.78 is 7.34. The fourth-order valence-corrected chi connectivity index (χ4v) is 1.23. The van der Waals surface area contributed by atoms with Crippen molar-refractivity contribution >= 4 is 0 Å². The van der Waals surface area contributed by atoms with Crippen LogP contribution in [0.1, 0.15) is 11.6 Å². The summed E-state index contributed by atoms with van der Waals surface area (Å²) in [6.45, 7) is 2.29. The summed E-state index contributed by atoms with van der Waals surface area (Å²) in [6.07, 6.45) is 0. The molecule has 0 aliphatic heterocycles. The Bertz CT molecular complexity index is 443. The molecule has 0 spiro atoms. The summed E-state index contributed by atoms with van der Waals surface area (Å²) in [5.74, 6) is 3.03. The van der Waals surface area contributed by atoms with Crippen LogP contribution in [0.5, 0.6) is 0 Å². The van der Waals surface area contributed by atoms with E-state index in [1.807, 2.05) is 30.7 Å². The molecule has 0 atom stereocenters. The SMILES string of the molecule is Cc1nnc(-c2ccc(CN)o2)n1C. The minimum Gasteiger partial charge on any atom is -0.456 e. The van der Waals surface area contributed by atoms with E-state index in [1.54, 1.807) is 0 Å². The number of hydrogen-bond acceptors (Lipinski definition) is 4. The van der Waals surface area contributed by atoms with Gasteiger partial charge in [0.1, 0.15) is 11.6 Å². The maximum atomic E-state index is 5.46. The monoisotopic (exact) mass is 192 g/mol. The Hall–Kier alpha value is -1.62.